The lowest BCUT2D eigenvalue weighted by atomic mass is 9.63. The summed E-state index contributed by atoms with van der Waals surface area (Å²) in [7, 11) is 0. The molecular weight excluding hydrogens is 288 g/mol. The van der Waals surface area contributed by atoms with E-state index in [9.17, 15) is 13.6 Å². The molecule has 0 unspecified atom stereocenters. The van der Waals surface area contributed by atoms with Crippen LogP contribution in [0.15, 0.2) is 30.4 Å². The summed E-state index contributed by atoms with van der Waals surface area (Å²) in [6.07, 6.45) is 6.40. The van der Waals surface area contributed by atoms with Gasteiger partial charge in [-0.05, 0) is 25.3 Å². The fourth-order valence-electron chi connectivity index (χ4n) is 3.35. The number of rotatable bonds is 4. The summed E-state index contributed by atoms with van der Waals surface area (Å²) < 4.78 is 27.2. The lowest BCUT2D eigenvalue weighted by Gasteiger charge is -2.41. The Morgan fingerprint density at radius 2 is 2.09 bits per heavy atom. The summed E-state index contributed by atoms with van der Waals surface area (Å²) >= 11 is 0. The molecule has 0 radical (unpaired) electrons. The largest absolute Gasteiger partial charge is 0.396 e. The van der Waals surface area contributed by atoms with Gasteiger partial charge in [-0.1, -0.05) is 24.6 Å². The second-order valence-corrected chi connectivity index (χ2v) is 6.20. The normalized spacial score (nSPS) is 25.8. The molecule has 2 N–H and O–H groups in total. The first-order valence-electron chi connectivity index (χ1n) is 7.61. The second kappa shape index (κ2) is 5.80. The van der Waals surface area contributed by atoms with Crippen LogP contribution in [0.5, 0.6) is 0 Å². The van der Waals surface area contributed by atoms with Gasteiger partial charge in [-0.25, -0.2) is 8.78 Å². The van der Waals surface area contributed by atoms with Gasteiger partial charge in [-0.15, -0.1) is 0 Å². The maximum atomic E-state index is 14.1. The number of aliphatic hydroxyl groups excluding tert-OH is 1. The SMILES string of the molecule is O=C(N[C@@H]1C=C[C@H](CO)C1)C1(c2ccc(F)cc2F)CCC1. The predicted molar refractivity (Wildman–Crippen MR) is 78.2 cm³/mol. The molecule has 3 nitrogen and oxygen atoms in total. The van der Waals surface area contributed by atoms with E-state index in [1.165, 1.54) is 12.1 Å². The van der Waals surface area contributed by atoms with Gasteiger partial charge >= 0.3 is 0 Å². The Bertz CT molecular complexity index is 611. The number of halogens is 2. The molecule has 0 spiro atoms. The monoisotopic (exact) mass is 307 g/mol. The van der Waals surface area contributed by atoms with Crippen LogP contribution in [-0.4, -0.2) is 23.7 Å². The predicted octanol–water partition coefficient (Wildman–Crippen LogP) is 2.44. The van der Waals surface area contributed by atoms with Gasteiger partial charge in [-0.2, -0.15) is 0 Å². The van der Waals surface area contributed by atoms with Crippen molar-refractivity contribution in [1.82, 2.24) is 5.32 Å². The molecule has 2 aliphatic rings. The second-order valence-electron chi connectivity index (χ2n) is 6.20. The van der Waals surface area contributed by atoms with Crippen LogP contribution < -0.4 is 5.32 Å². The Labute approximate surface area is 128 Å². The van der Waals surface area contributed by atoms with Crippen molar-refractivity contribution >= 4 is 5.91 Å². The van der Waals surface area contributed by atoms with E-state index in [0.29, 0.717) is 19.3 Å². The van der Waals surface area contributed by atoms with E-state index in [1.54, 1.807) is 0 Å². The molecule has 1 aromatic carbocycles. The number of amides is 1. The van der Waals surface area contributed by atoms with Crippen molar-refractivity contribution < 1.29 is 18.7 Å². The molecule has 0 saturated heterocycles. The summed E-state index contributed by atoms with van der Waals surface area (Å²) in [6, 6.07) is 3.28. The van der Waals surface area contributed by atoms with E-state index in [1.807, 2.05) is 12.2 Å². The summed E-state index contributed by atoms with van der Waals surface area (Å²) in [4.78, 5) is 12.7. The molecule has 5 heteroatoms. The van der Waals surface area contributed by atoms with E-state index < -0.39 is 17.0 Å². The van der Waals surface area contributed by atoms with Crippen LogP contribution in [0.3, 0.4) is 0 Å². The number of benzene rings is 1. The van der Waals surface area contributed by atoms with Crippen LogP contribution in [0.2, 0.25) is 0 Å². The topological polar surface area (TPSA) is 49.3 Å². The highest BCUT2D eigenvalue weighted by Crippen LogP contribution is 2.45. The maximum Gasteiger partial charge on any atom is 0.231 e. The Kier molecular flexibility index (Phi) is 4.00. The first kappa shape index (κ1) is 15.2. The highest BCUT2D eigenvalue weighted by atomic mass is 19.1. The standard InChI is InChI=1S/C17H19F2NO2/c18-12-3-5-14(15(19)9-12)17(6-1-7-17)16(22)20-13-4-2-11(8-13)10-21/h2-5,9,11,13,21H,1,6-8,10H2,(H,20,22)/t11-,13+/m0/s1. The van der Waals surface area contributed by atoms with Crippen LogP contribution in [0.1, 0.15) is 31.2 Å². The minimum Gasteiger partial charge on any atom is -0.396 e. The van der Waals surface area contributed by atoms with Crippen molar-refractivity contribution in [3.63, 3.8) is 0 Å². The van der Waals surface area contributed by atoms with Crippen LogP contribution in [0.25, 0.3) is 0 Å². The molecule has 0 aliphatic heterocycles. The van der Waals surface area contributed by atoms with Gasteiger partial charge in [0.25, 0.3) is 0 Å². The van der Waals surface area contributed by atoms with Gasteiger partial charge in [0.15, 0.2) is 0 Å². The zero-order valence-electron chi connectivity index (χ0n) is 12.2. The number of carbonyl (C=O) groups is 1. The molecule has 3 rings (SSSR count). The lowest BCUT2D eigenvalue weighted by Crippen LogP contribution is -2.52. The summed E-state index contributed by atoms with van der Waals surface area (Å²) in [5.41, 5.74) is -0.610. The van der Waals surface area contributed by atoms with Crippen molar-refractivity contribution in [2.24, 2.45) is 5.92 Å². The van der Waals surface area contributed by atoms with E-state index in [4.69, 9.17) is 5.11 Å². The molecule has 1 fully saturated rings. The van der Waals surface area contributed by atoms with Crippen LogP contribution in [-0.2, 0) is 10.2 Å². The molecule has 0 bridgehead atoms. The number of hydrogen-bond acceptors (Lipinski definition) is 2. The minimum absolute atomic E-state index is 0.0562. The fraction of sp³-hybridized carbons (Fsp3) is 0.471. The fourth-order valence-corrected chi connectivity index (χ4v) is 3.35. The molecule has 22 heavy (non-hydrogen) atoms. The van der Waals surface area contributed by atoms with Gasteiger partial charge < -0.3 is 10.4 Å². The first-order chi connectivity index (χ1) is 10.5. The van der Waals surface area contributed by atoms with Gasteiger partial charge in [0.1, 0.15) is 11.6 Å². The van der Waals surface area contributed by atoms with Crippen molar-refractivity contribution in [2.75, 3.05) is 6.61 Å². The van der Waals surface area contributed by atoms with Crippen LogP contribution in [0, 0.1) is 17.6 Å². The molecule has 118 valence electrons. The smallest absolute Gasteiger partial charge is 0.231 e. The quantitative estimate of drug-likeness (QED) is 0.840. The Hall–Kier alpha value is -1.75. The molecule has 1 amide bonds. The molecule has 2 atom stereocenters. The van der Waals surface area contributed by atoms with E-state index in [2.05, 4.69) is 5.32 Å². The number of hydrogen-bond donors (Lipinski definition) is 2. The van der Waals surface area contributed by atoms with Crippen molar-refractivity contribution in [3.8, 4) is 0 Å². The summed E-state index contributed by atoms with van der Waals surface area (Å²) in [5.74, 6) is -1.45. The van der Waals surface area contributed by atoms with E-state index in [-0.39, 0.29) is 30.0 Å². The third-order valence-electron chi connectivity index (χ3n) is 4.81. The van der Waals surface area contributed by atoms with Crippen molar-refractivity contribution in [3.05, 3.63) is 47.5 Å². The molecular formula is C17H19F2NO2. The maximum absolute atomic E-state index is 14.1. The third kappa shape index (κ3) is 2.54. The van der Waals surface area contributed by atoms with Crippen LogP contribution in [0.4, 0.5) is 8.78 Å². The van der Waals surface area contributed by atoms with Gasteiger partial charge in [-0.3, -0.25) is 4.79 Å². The highest BCUT2D eigenvalue weighted by Gasteiger charge is 2.47. The summed E-state index contributed by atoms with van der Waals surface area (Å²) in [5, 5.41) is 12.1. The Balaban J connectivity index is 1.78. The molecule has 0 heterocycles. The first-order valence-corrected chi connectivity index (χ1v) is 7.61. The van der Waals surface area contributed by atoms with Gasteiger partial charge in [0, 0.05) is 30.2 Å². The Morgan fingerprint density at radius 1 is 1.32 bits per heavy atom. The van der Waals surface area contributed by atoms with E-state index in [0.717, 1.165) is 12.5 Å². The minimum atomic E-state index is -0.886. The molecule has 2 aliphatic carbocycles. The zero-order valence-corrected chi connectivity index (χ0v) is 12.2. The Morgan fingerprint density at radius 3 is 2.64 bits per heavy atom. The highest BCUT2D eigenvalue weighted by molar-refractivity contribution is 5.89. The average Bonchev–Trinajstić information content (AvgIpc) is 2.87. The van der Waals surface area contributed by atoms with Crippen LogP contribution >= 0.6 is 0 Å². The van der Waals surface area contributed by atoms with Crippen molar-refractivity contribution in [1.29, 1.82) is 0 Å². The zero-order chi connectivity index (χ0) is 15.7. The number of aliphatic hydroxyl groups is 1. The van der Waals surface area contributed by atoms with Gasteiger partial charge in [0.05, 0.1) is 5.41 Å². The molecule has 1 aromatic rings. The third-order valence-corrected chi connectivity index (χ3v) is 4.81. The van der Waals surface area contributed by atoms with E-state index >= 15 is 0 Å². The molecule has 0 aromatic heterocycles. The molecule has 1 saturated carbocycles. The lowest BCUT2D eigenvalue weighted by molar-refractivity contribution is -0.130. The number of nitrogens with one attached hydrogen (secondary N) is 1. The number of carbonyl (C=O) groups excluding carboxylic acids is 1. The van der Waals surface area contributed by atoms with Crippen molar-refractivity contribution in [2.45, 2.75) is 37.1 Å². The summed E-state index contributed by atoms with van der Waals surface area (Å²) in [6.45, 7) is 0.0562. The van der Waals surface area contributed by atoms with Gasteiger partial charge in [0.2, 0.25) is 5.91 Å². The average molecular weight is 307 g/mol.